The van der Waals surface area contributed by atoms with E-state index >= 15 is 0 Å². The van der Waals surface area contributed by atoms with Crippen LogP contribution in [0.2, 0.25) is 5.02 Å². The zero-order chi connectivity index (χ0) is 18.3. The van der Waals surface area contributed by atoms with Gasteiger partial charge in [0.25, 0.3) is 0 Å². The van der Waals surface area contributed by atoms with Crippen molar-refractivity contribution in [3.05, 3.63) is 64.7 Å². The normalized spacial score (nSPS) is 14.7. The molecule has 0 heterocycles. The molecule has 2 aromatic rings. The van der Waals surface area contributed by atoms with Crippen LogP contribution in [0.25, 0.3) is 0 Å². The van der Waals surface area contributed by atoms with Crippen molar-refractivity contribution in [1.82, 2.24) is 5.32 Å². The second-order valence-electron chi connectivity index (χ2n) is 5.93. The molecule has 0 amide bonds. The number of nitrogens with one attached hydrogen (secondary N) is 1. The maximum Gasteiger partial charge on any atom is 0.207 e. The average molecular weight is 384 g/mol. The Morgan fingerprint density at radius 2 is 1.92 bits per heavy atom. The third kappa shape index (κ3) is 6.81. The molecule has 7 heteroatoms. The molecular formula is C18H23ClNO4P. The van der Waals surface area contributed by atoms with Gasteiger partial charge >= 0.3 is 0 Å². The largest absolute Gasteiger partial charge is 0.495 e. The number of hydrogen-bond donors (Lipinski definition) is 3. The first-order valence-corrected chi connectivity index (χ1v) is 10.4. The fourth-order valence-electron chi connectivity index (χ4n) is 2.53. The van der Waals surface area contributed by atoms with Crippen molar-refractivity contribution < 1.29 is 19.3 Å². The van der Waals surface area contributed by atoms with Crippen LogP contribution in [0, 0.1) is 0 Å². The van der Waals surface area contributed by atoms with Gasteiger partial charge in [-0.2, -0.15) is 0 Å². The summed E-state index contributed by atoms with van der Waals surface area (Å²) in [5, 5.41) is 13.6. The topological polar surface area (TPSA) is 78.8 Å². The minimum Gasteiger partial charge on any atom is -0.495 e. The molecule has 0 aliphatic rings. The molecule has 2 rings (SSSR count). The zero-order valence-electron chi connectivity index (χ0n) is 14.1. The molecule has 0 fully saturated rings. The number of benzene rings is 2. The first kappa shape index (κ1) is 20.0. The minimum absolute atomic E-state index is 0.0684. The third-order valence-corrected chi connectivity index (χ3v) is 5.84. The van der Waals surface area contributed by atoms with Crippen molar-refractivity contribution in [3.63, 3.8) is 0 Å². The lowest BCUT2D eigenvalue weighted by Gasteiger charge is -2.17. The fraction of sp³-hybridized carbons (Fsp3) is 0.333. The Balaban J connectivity index is 1.79. The van der Waals surface area contributed by atoms with E-state index in [0.29, 0.717) is 17.3 Å². The van der Waals surface area contributed by atoms with E-state index in [9.17, 15) is 14.6 Å². The van der Waals surface area contributed by atoms with Crippen molar-refractivity contribution in [2.45, 2.75) is 18.8 Å². The van der Waals surface area contributed by atoms with Gasteiger partial charge in [-0.15, -0.1) is 0 Å². The van der Waals surface area contributed by atoms with Crippen molar-refractivity contribution in [2.24, 2.45) is 0 Å². The molecule has 0 spiro atoms. The highest BCUT2D eigenvalue weighted by Crippen LogP contribution is 2.44. The molecule has 2 unspecified atom stereocenters. The van der Waals surface area contributed by atoms with E-state index in [2.05, 4.69) is 5.32 Å². The molecule has 0 saturated heterocycles. The lowest BCUT2D eigenvalue weighted by atomic mass is 10.2. The quantitative estimate of drug-likeness (QED) is 0.579. The lowest BCUT2D eigenvalue weighted by molar-refractivity contribution is 0.190. The molecule has 136 valence electrons. The van der Waals surface area contributed by atoms with Crippen LogP contribution in [0.3, 0.4) is 0 Å². The number of ether oxygens (including phenoxy) is 1. The number of methoxy groups -OCH3 is 1. The summed E-state index contributed by atoms with van der Waals surface area (Å²) >= 11 is 6.06. The summed E-state index contributed by atoms with van der Waals surface area (Å²) in [5.74, 6) is 0.604. The highest BCUT2D eigenvalue weighted by molar-refractivity contribution is 7.57. The van der Waals surface area contributed by atoms with Crippen LogP contribution in [0.15, 0.2) is 48.5 Å². The van der Waals surface area contributed by atoms with Gasteiger partial charge in [-0.1, -0.05) is 48.0 Å². The summed E-state index contributed by atoms with van der Waals surface area (Å²) in [6, 6.07) is 14.6. The maximum atomic E-state index is 12.3. The van der Waals surface area contributed by atoms with Gasteiger partial charge in [-0.3, -0.25) is 4.57 Å². The summed E-state index contributed by atoms with van der Waals surface area (Å²) in [6.07, 6.45) is -0.967. The van der Waals surface area contributed by atoms with Crippen LogP contribution in [0.4, 0.5) is 0 Å². The van der Waals surface area contributed by atoms with Gasteiger partial charge in [0, 0.05) is 19.3 Å². The molecule has 0 saturated carbocycles. The smallest absolute Gasteiger partial charge is 0.207 e. The first-order valence-electron chi connectivity index (χ1n) is 7.95. The van der Waals surface area contributed by atoms with E-state index in [-0.39, 0.29) is 18.9 Å². The van der Waals surface area contributed by atoms with Gasteiger partial charge in [0.15, 0.2) is 0 Å². The summed E-state index contributed by atoms with van der Waals surface area (Å²) in [6.45, 7) is 0.720. The molecule has 5 nitrogen and oxygen atoms in total. The fourth-order valence-corrected chi connectivity index (χ4v) is 4.51. The first-order chi connectivity index (χ1) is 11.9. The second kappa shape index (κ2) is 9.37. The van der Waals surface area contributed by atoms with E-state index in [0.717, 1.165) is 11.1 Å². The molecular weight excluding hydrogens is 361 g/mol. The van der Waals surface area contributed by atoms with Crippen molar-refractivity contribution in [1.29, 1.82) is 0 Å². The third-order valence-electron chi connectivity index (χ3n) is 3.69. The minimum atomic E-state index is -3.43. The van der Waals surface area contributed by atoms with Crippen molar-refractivity contribution in [2.75, 3.05) is 19.8 Å². The standard InChI is InChI=1S/C18H23ClNO4P/c1-24-18-8-7-15(9-17(18)19)10-20-11-16(21)13-25(22,23)12-14-5-3-2-4-6-14/h2-9,16,20-21H,10-13H2,1H3,(H,22,23). The SMILES string of the molecule is COc1ccc(CNCC(O)CP(=O)(O)Cc2ccccc2)cc1Cl. The van der Waals surface area contributed by atoms with Crippen LogP contribution in [0.1, 0.15) is 11.1 Å². The van der Waals surface area contributed by atoms with Gasteiger partial charge in [-0.25, -0.2) is 0 Å². The van der Waals surface area contributed by atoms with Crippen molar-refractivity contribution >= 4 is 19.0 Å². The number of halogens is 1. The van der Waals surface area contributed by atoms with Crippen molar-refractivity contribution in [3.8, 4) is 5.75 Å². The molecule has 25 heavy (non-hydrogen) atoms. The Hall–Kier alpha value is -1.36. The second-order valence-corrected chi connectivity index (χ2v) is 8.71. The van der Waals surface area contributed by atoms with Gasteiger partial charge in [0.05, 0.1) is 24.4 Å². The number of hydrogen-bond acceptors (Lipinski definition) is 4. The molecule has 0 bridgehead atoms. The maximum absolute atomic E-state index is 12.3. The average Bonchev–Trinajstić information content (AvgIpc) is 2.55. The van der Waals surface area contributed by atoms with E-state index in [1.54, 1.807) is 31.4 Å². The predicted molar refractivity (Wildman–Crippen MR) is 101 cm³/mol. The van der Waals surface area contributed by atoms with Crippen LogP contribution in [0.5, 0.6) is 5.75 Å². The van der Waals surface area contributed by atoms with Gasteiger partial charge < -0.3 is 20.1 Å². The van der Waals surface area contributed by atoms with Gasteiger partial charge in [0.1, 0.15) is 5.75 Å². The monoisotopic (exact) mass is 383 g/mol. The molecule has 0 radical (unpaired) electrons. The van der Waals surface area contributed by atoms with E-state index in [1.165, 1.54) is 0 Å². The zero-order valence-corrected chi connectivity index (χ0v) is 15.7. The van der Waals surface area contributed by atoms with E-state index in [1.807, 2.05) is 24.3 Å². The summed E-state index contributed by atoms with van der Waals surface area (Å²) in [4.78, 5) is 10.1. The number of rotatable bonds is 9. The van der Waals surface area contributed by atoms with Gasteiger partial charge in [0.2, 0.25) is 7.37 Å². The Labute approximate surface area is 153 Å². The molecule has 0 aliphatic heterocycles. The highest BCUT2D eigenvalue weighted by Gasteiger charge is 2.23. The highest BCUT2D eigenvalue weighted by atomic mass is 35.5. The Kier molecular flexibility index (Phi) is 7.48. The van der Waals surface area contributed by atoms with E-state index in [4.69, 9.17) is 16.3 Å². The Bertz CT molecular complexity index is 726. The van der Waals surface area contributed by atoms with Crippen LogP contribution in [-0.4, -0.2) is 35.9 Å². The molecule has 2 atom stereocenters. The Morgan fingerprint density at radius 1 is 1.20 bits per heavy atom. The van der Waals surface area contributed by atoms with Crippen LogP contribution >= 0.6 is 19.0 Å². The summed E-state index contributed by atoms with van der Waals surface area (Å²) in [5.41, 5.74) is 1.73. The lowest BCUT2D eigenvalue weighted by Crippen LogP contribution is -2.29. The number of aliphatic hydroxyl groups is 1. The molecule has 3 N–H and O–H groups in total. The summed E-state index contributed by atoms with van der Waals surface area (Å²) < 4.78 is 17.4. The Morgan fingerprint density at radius 3 is 2.56 bits per heavy atom. The molecule has 2 aromatic carbocycles. The van der Waals surface area contributed by atoms with Crippen LogP contribution < -0.4 is 10.1 Å². The molecule has 0 aliphatic carbocycles. The predicted octanol–water partition coefficient (Wildman–Crippen LogP) is 3.27. The van der Waals surface area contributed by atoms with Crippen LogP contribution in [-0.2, 0) is 17.3 Å². The van der Waals surface area contributed by atoms with Gasteiger partial charge in [-0.05, 0) is 23.3 Å². The number of aliphatic hydroxyl groups excluding tert-OH is 1. The van der Waals surface area contributed by atoms with E-state index < -0.39 is 13.5 Å². The molecule has 0 aromatic heterocycles. The summed E-state index contributed by atoms with van der Waals surface area (Å²) in [7, 11) is -1.88.